The highest BCUT2D eigenvalue weighted by Crippen LogP contribution is 2.24. The summed E-state index contributed by atoms with van der Waals surface area (Å²) in [6.07, 6.45) is 4.92. The molecule has 1 unspecified atom stereocenters. The number of hydrogen-bond donors (Lipinski definition) is 1. The Morgan fingerprint density at radius 1 is 1.42 bits per heavy atom. The molecule has 1 aromatic rings. The van der Waals surface area contributed by atoms with Gasteiger partial charge in [0.05, 0.1) is 4.92 Å². The number of nitrogen functional groups attached to an aromatic ring is 1. The van der Waals surface area contributed by atoms with Crippen LogP contribution in [0.25, 0.3) is 0 Å². The van der Waals surface area contributed by atoms with Gasteiger partial charge in [0.1, 0.15) is 0 Å². The van der Waals surface area contributed by atoms with E-state index in [1.54, 1.807) is 12.1 Å². The molecular weight excluding hydrogens is 242 g/mol. The van der Waals surface area contributed by atoms with Crippen LogP contribution in [0.3, 0.4) is 0 Å². The number of nitrogens with two attached hydrogens (primary N) is 1. The van der Waals surface area contributed by atoms with Gasteiger partial charge in [-0.3, -0.25) is 15.0 Å². The lowest BCUT2D eigenvalue weighted by molar-refractivity contribution is -0.384. The number of nitro benzene ring substituents is 1. The van der Waals surface area contributed by atoms with Gasteiger partial charge in [-0.15, -0.1) is 0 Å². The van der Waals surface area contributed by atoms with Crippen LogP contribution >= 0.6 is 0 Å². The summed E-state index contributed by atoms with van der Waals surface area (Å²) in [6, 6.07) is 5.22. The van der Waals surface area contributed by atoms with Crippen molar-refractivity contribution < 1.29 is 4.92 Å². The molecule has 0 amide bonds. The Kier molecular flexibility index (Phi) is 4.37. The first-order chi connectivity index (χ1) is 9.08. The first-order valence-corrected chi connectivity index (χ1v) is 6.85. The molecule has 1 aliphatic rings. The molecule has 1 aliphatic heterocycles. The van der Waals surface area contributed by atoms with Crippen LogP contribution in [0.1, 0.15) is 38.2 Å². The third kappa shape index (κ3) is 3.44. The van der Waals surface area contributed by atoms with Crippen molar-refractivity contribution in [1.29, 1.82) is 0 Å². The third-order valence-electron chi connectivity index (χ3n) is 3.90. The zero-order chi connectivity index (χ0) is 13.8. The lowest BCUT2D eigenvalue weighted by Crippen LogP contribution is -2.32. The number of nitrogens with zero attached hydrogens (tertiary/aromatic N) is 2. The Morgan fingerprint density at radius 2 is 2.21 bits per heavy atom. The number of likely N-dealkylation sites (tertiary alicyclic amines) is 1. The minimum absolute atomic E-state index is 0.117. The maximum Gasteiger partial charge on any atom is 0.269 e. The van der Waals surface area contributed by atoms with E-state index in [0.717, 1.165) is 12.1 Å². The van der Waals surface area contributed by atoms with E-state index in [0.29, 0.717) is 18.3 Å². The predicted octanol–water partition coefficient (Wildman–Crippen LogP) is 2.94. The summed E-state index contributed by atoms with van der Waals surface area (Å²) in [7, 11) is 0. The monoisotopic (exact) mass is 263 g/mol. The molecular formula is C14H21N3O2. The lowest BCUT2D eigenvalue weighted by atomic mass is 10.1. The molecule has 5 heteroatoms. The molecule has 0 bridgehead atoms. The first kappa shape index (κ1) is 13.8. The third-order valence-corrected chi connectivity index (χ3v) is 3.90. The average Bonchev–Trinajstić information content (AvgIpc) is 2.57. The van der Waals surface area contributed by atoms with Crippen LogP contribution in [0.15, 0.2) is 18.2 Å². The summed E-state index contributed by atoms with van der Waals surface area (Å²) in [5.41, 5.74) is 7.56. The van der Waals surface area contributed by atoms with Gasteiger partial charge in [-0.1, -0.05) is 12.8 Å². The Bertz CT molecular complexity index is 462. The van der Waals surface area contributed by atoms with Crippen molar-refractivity contribution in [3.05, 3.63) is 33.9 Å². The molecule has 1 saturated heterocycles. The van der Waals surface area contributed by atoms with Crippen LogP contribution in [-0.2, 0) is 6.54 Å². The SMILES string of the molecule is CC1CCCCCN1Cc1cc([N+](=O)[O-])ccc1N. The summed E-state index contributed by atoms with van der Waals surface area (Å²) >= 11 is 0. The van der Waals surface area contributed by atoms with E-state index in [2.05, 4.69) is 11.8 Å². The fourth-order valence-corrected chi connectivity index (χ4v) is 2.63. The normalized spacial score (nSPS) is 21.0. The number of nitro groups is 1. The Morgan fingerprint density at radius 3 is 2.95 bits per heavy atom. The zero-order valence-corrected chi connectivity index (χ0v) is 11.3. The highest BCUT2D eigenvalue weighted by atomic mass is 16.6. The van der Waals surface area contributed by atoms with Crippen LogP contribution < -0.4 is 5.73 Å². The summed E-state index contributed by atoms with van der Waals surface area (Å²) in [5.74, 6) is 0. The van der Waals surface area contributed by atoms with Crippen molar-refractivity contribution in [3.8, 4) is 0 Å². The van der Waals surface area contributed by atoms with E-state index in [-0.39, 0.29) is 10.6 Å². The lowest BCUT2D eigenvalue weighted by Gasteiger charge is -2.27. The highest BCUT2D eigenvalue weighted by Gasteiger charge is 2.19. The van der Waals surface area contributed by atoms with Gasteiger partial charge >= 0.3 is 0 Å². The molecule has 1 atom stereocenters. The molecule has 0 aromatic heterocycles. The second-order valence-corrected chi connectivity index (χ2v) is 5.31. The average molecular weight is 263 g/mol. The number of benzene rings is 1. The van der Waals surface area contributed by atoms with Crippen LogP contribution in [0, 0.1) is 10.1 Å². The van der Waals surface area contributed by atoms with E-state index < -0.39 is 0 Å². The topological polar surface area (TPSA) is 72.4 Å². The standard InChI is InChI=1S/C14H21N3O2/c1-11-5-3-2-4-8-16(11)10-12-9-13(17(18)19)6-7-14(12)15/h6-7,9,11H,2-5,8,10,15H2,1H3. The minimum atomic E-state index is -0.366. The largest absolute Gasteiger partial charge is 0.398 e. The number of anilines is 1. The van der Waals surface area contributed by atoms with E-state index in [1.807, 2.05) is 0 Å². The van der Waals surface area contributed by atoms with Gasteiger partial charge in [0.2, 0.25) is 0 Å². The molecule has 0 saturated carbocycles. The maximum absolute atomic E-state index is 10.8. The molecule has 1 fully saturated rings. The van der Waals surface area contributed by atoms with Crippen molar-refractivity contribution in [2.24, 2.45) is 0 Å². The molecule has 5 nitrogen and oxygen atoms in total. The Labute approximate surface area is 113 Å². The molecule has 2 rings (SSSR count). The van der Waals surface area contributed by atoms with Gasteiger partial charge in [-0.2, -0.15) is 0 Å². The van der Waals surface area contributed by atoms with Crippen LogP contribution in [0.5, 0.6) is 0 Å². The quantitative estimate of drug-likeness (QED) is 0.517. The van der Waals surface area contributed by atoms with Crippen LogP contribution in [-0.4, -0.2) is 22.4 Å². The van der Waals surface area contributed by atoms with Crippen molar-refractivity contribution in [2.75, 3.05) is 12.3 Å². The Balaban J connectivity index is 2.16. The molecule has 2 N–H and O–H groups in total. The number of rotatable bonds is 3. The summed E-state index contributed by atoms with van der Waals surface area (Å²) in [6.45, 7) is 3.97. The molecule has 0 aliphatic carbocycles. The van der Waals surface area contributed by atoms with Gasteiger partial charge in [-0.25, -0.2) is 0 Å². The number of non-ortho nitro benzene ring substituents is 1. The van der Waals surface area contributed by atoms with E-state index in [9.17, 15) is 10.1 Å². The fraction of sp³-hybridized carbons (Fsp3) is 0.571. The predicted molar refractivity (Wildman–Crippen MR) is 75.8 cm³/mol. The number of hydrogen-bond acceptors (Lipinski definition) is 4. The molecule has 0 spiro atoms. The highest BCUT2D eigenvalue weighted by molar-refractivity contribution is 5.52. The van der Waals surface area contributed by atoms with Crippen molar-refractivity contribution in [3.63, 3.8) is 0 Å². The summed E-state index contributed by atoms with van der Waals surface area (Å²) < 4.78 is 0. The van der Waals surface area contributed by atoms with E-state index in [1.165, 1.54) is 31.7 Å². The van der Waals surface area contributed by atoms with Crippen molar-refractivity contribution >= 4 is 11.4 Å². The van der Waals surface area contributed by atoms with Gasteiger partial charge in [0.15, 0.2) is 0 Å². The van der Waals surface area contributed by atoms with E-state index >= 15 is 0 Å². The van der Waals surface area contributed by atoms with E-state index in [4.69, 9.17) is 5.73 Å². The zero-order valence-electron chi connectivity index (χ0n) is 11.3. The van der Waals surface area contributed by atoms with Gasteiger partial charge in [0.25, 0.3) is 5.69 Å². The van der Waals surface area contributed by atoms with Gasteiger partial charge < -0.3 is 5.73 Å². The van der Waals surface area contributed by atoms with Crippen LogP contribution in [0.2, 0.25) is 0 Å². The van der Waals surface area contributed by atoms with Crippen molar-refractivity contribution in [2.45, 2.75) is 45.2 Å². The molecule has 1 aromatic carbocycles. The van der Waals surface area contributed by atoms with Crippen molar-refractivity contribution in [1.82, 2.24) is 4.90 Å². The second-order valence-electron chi connectivity index (χ2n) is 5.31. The molecule has 1 heterocycles. The van der Waals surface area contributed by atoms with Crippen LogP contribution in [0.4, 0.5) is 11.4 Å². The van der Waals surface area contributed by atoms with Gasteiger partial charge in [0, 0.05) is 30.4 Å². The molecule has 0 radical (unpaired) electrons. The molecule has 104 valence electrons. The fourth-order valence-electron chi connectivity index (χ4n) is 2.63. The Hall–Kier alpha value is -1.62. The summed E-state index contributed by atoms with van der Waals surface area (Å²) in [4.78, 5) is 12.8. The minimum Gasteiger partial charge on any atom is -0.398 e. The first-order valence-electron chi connectivity index (χ1n) is 6.85. The maximum atomic E-state index is 10.8. The van der Waals surface area contributed by atoms with Gasteiger partial charge in [-0.05, 0) is 37.9 Å². The summed E-state index contributed by atoms with van der Waals surface area (Å²) in [5, 5.41) is 10.8. The second kappa shape index (κ2) is 6.02. The smallest absolute Gasteiger partial charge is 0.269 e. The molecule has 19 heavy (non-hydrogen) atoms.